The van der Waals surface area contributed by atoms with Crippen molar-refractivity contribution in [2.45, 2.75) is 26.4 Å². The van der Waals surface area contributed by atoms with E-state index in [1.165, 1.54) is 0 Å². The van der Waals surface area contributed by atoms with Crippen LogP contribution in [0.5, 0.6) is 0 Å². The van der Waals surface area contributed by atoms with E-state index in [9.17, 15) is 4.79 Å². The van der Waals surface area contributed by atoms with Crippen LogP contribution in [-0.2, 0) is 11.3 Å². The molecule has 0 aromatic carbocycles. The van der Waals surface area contributed by atoms with Crippen LogP contribution in [0, 0.1) is 6.92 Å². The number of aryl methyl sites for hydroxylation is 1. The number of amides is 1. The van der Waals surface area contributed by atoms with E-state index in [4.69, 9.17) is 5.73 Å². The lowest BCUT2D eigenvalue weighted by molar-refractivity contribution is -0.119. The van der Waals surface area contributed by atoms with E-state index in [2.05, 4.69) is 10.3 Å². The van der Waals surface area contributed by atoms with Gasteiger partial charge in [0.05, 0.1) is 6.04 Å². The standard InChI is InChI=1S/C10H15N3O/c1-7-9(4-3-5-12-7)6-13-8(2)10(11)14/h3-5,8,13H,6H2,1-2H3,(H2,11,14). The van der Waals surface area contributed by atoms with Crippen molar-refractivity contribution in [3.05, 3.63) is 29.6 Å². The van der Waals surface area contributed by atoms with Crippen molar-refractivity contribution in [1.82, 2.24) is 10.3 Å². The highest BCUT2D eigenvalue weighted by molar-refractivity contribution is 5.79. The molecule has 0 spiro atoms. The number of hydrogen-bond acceptors (Lipinski definition) is 3. The van der Waals surface area contributed by atoms with E-state index in [1.807, 2.05) is 19.1 Å². The zero-order chi connectivity index (χ0) is 10.6. The number of aromatic nitrogens is 1. The van der Waals surface area contributed by atoms with Crippen molar-refractivity contribution in [3.63, 3.8) is 0 Å². The molecule has 0 aliphatic carbocycles. The lowest BCUT2D eigenvalue weighted by atomic mass is 10.2. The minimum Gasteiger partial charge on any atom is -0.368 e. The molecular formula is C10H15N3O. The molecule has 0 bridgehead atoms. The third-order valence-corrected chi connectivity index (χ3v) is 2.14. The number of nitrogens with two attached hydrogens (primary N) is 1. The molecule has 0 radical (unpaired) electrons. The van der Waals surface area contributed by atoms with Gasteiger partial charge in [-0.3, -0.25) is 9.78 Å². The fraction of sp³-hybridized carbons (Fsp3) is 0.400. The Bertz CT molecular complexity index is 325. The summed E-state index contributed by atoms with van der Waals surface area (Å²) in [6.45, 7) is 4.30. The highest BCUT2D eigenvalue weighted by atomic mass is 16.1. The van der Waals surface area contributed by atoms with Gasteiger partial charge in [-0.15, -0.1) is 0 Å². The van der Waals surface area contributed by atoms with E-state index in [-0.39, 0.29) is 11.9 Å². The summed E-state index contributed by atoms with van der Waals surface area (Å²) in [5.74, 6) is -0.341. The lowest BCUT2D eigenvalue weighted by Crippen LogP contribution is -2.38. The normalized spacial score (nSPS) is 12.4. The third-order valence-electron chi connectivity index (χ3n) is 2.14. The van der Waals surface area contributed by atoms with Gasteiger partial charge in [-0.2, -0.15) is 0 Å². The summed E-state index contributed by atoms with van der Waals surface area (Å²) < 4.78 is 0. The van der Waals surface area contributed by atoms with Gasteiger partial charge >= 0.3 is 0 Å². The number of carbonyl (C=O) groups excluding carboxylic acids is 1. The van der Waals surface area contributed by atoms with Crippen molar-refractivity contribution in [3.8, 4) is 0 Å². The Morgan fingerprint density at radius 2 is 2.43 bits per heavy atom. The van der Waals surface area contributed by atoms with Crippen molar-refractivity contribution < 1.29 is 4.79 Å². The molecule has 1 aromatic rings. The summed E-state index contributed by atoms with van der Waals surface area (Å²) in [7, 11) is 0. The SMILES string of the molecule is Cc1ncccc1CNC(C)C(N)=O. The largest absolute Gasteiger partial charge is 0.368 e. The Morgan fingerprint density at radius 3 is 3.00 bits per heavy atom. The number of rotatable bonds is 4. The highest BCUT2D eigenvalue weighted by Gasteiger charge is 2.07. The molecule has 1 unspecified atom stereocenters. The van der Waals surface area contributed by atoms with Crippen LogP contribution >= 0.6 is 0 Å². The molecule has 1 aromatic heterocycles. The molecule has 1 rings (SSSR count). The Balaban J connectivity index is 2.54. The Morgan fingerprint density at radius 1 is 1.71 bits per heavy atom. The minimum absolute atomic E-state index is 0.311. The first-order valence-electron chi connectivity index (χ1n) is 4.54. The van der Waals surface area contributed by atoms with Gasteiger partial charge in [0.1, 0.15) is 0 Å². The van der Waals surface area contributed by atoms with E-state index in [0.717, 1.165) is 11.3 Å². The summed E-state index contributed by atoms with van der Waals surface area (Å²) in [4.78, 5) is 14.9. The number of carbonyl (C=O) groups is 1. The van der Waals surface area contributed by atoms with Gasteiger partial charge in [0.25, 0.3) is 0 Å². The maximum Gasteiger partial charge on any atom is 0.234 e. The van der Waals surface area contributed by atoms with Crippen molar-refractivity contribution in [1.29, 1.82) is 0 Å². The average molecular weight is 193 g/mol. The number of nitrogens with one attached hydrogen (secondary N) is 1. The number of nitrogens with zero attached hydrogens (tertiary/aromatic N) is 1. The number of primary amides is 1. The smallest absolute Gasteiger partial charge is 0.234 e. The minimum atomic E-state index is -0.341. The topological polar surface area (TPSA) is 68.0 Å². The molecule has 0 aliphatic heterocycles. The highest BCUT2D eigenvalue weighted by Crippen LogP contribution is 2.02. The summed E-state index contributed by atoms with van der Waals surface area (Å²) >= 11 is 0. The molecule has 76 valence electrons. The average Bonchev–Trinajstić information content (AvgIpc) is 2.16. The van der Waals surface area contributed by atoms with Crippen LogP contribution < -0.4 is 11.1 Å². The van der Waals surface area contributed by atoms with Crippen molar-refractivity contribution in [2.75, 3.05) is 0 Å². The zero-order valence-corrected chi connectivity index (χ0v) is 8.45. The molecule has 0 fully saturated rings. The molecule has 1 amide bonds. The molecule has 1 atom stereocenters. The molecule has 0 aliphatic rings. The molecule has 3 N–H and O–H groups in total. The van der Waals surface area contributed by atoms with Gasteiger partial charge < -0.3 is 11.1 Å². The Labute approximate surface area is 83.5 Å². The predicted molar refractivity (Wildman–Crippen MR) is 54.5 cm³/mol. The monoisotopic (exact) mass is 193 g/mol. The second-order valence-electron chi connectivity index (χ2n) is 3.25. The third kappa shape index (κ3) is 2.81. The first-order valence-corrected chi connectivity index (χ1v) is 4.54. The predicted octanol–water partition coefficient (Wildman–Crippen LogP) is 0.353. The van der Waals surface area contributed by atoms with Crippen LogP contribution in [0.25, 0.3) is 0 Å². The number of hydrogen-bond donors (Lipinski definition) is 2. The molecule has 1 heterocycles. The first-order chi connectivity index (χ1) is 6.61. The summed E-state index contributed by atoms with van der Waals surface area (Å²) in [5, 5.41) is 3.02. The summed E-state index contributed by atoms with van der Waals surface area (Å²) in [6.07, 6.45) is 1.75. The first kappa shape index (κ1) is 10.7. The Kier molecular flexibility index (Phi) is 3.59. The van der Waals surface area contributed by atoms with E-state index in [0.29, 0.717) is 6.54 Å². The van der Waals surface area contributed by atoms with E-state index in [1.54, 1.807) is 13.1 Å². The summed E-state index contributed by atoms with van der Waals surface area (Å²) in [6, 6.07) is 3.54. The fourth-order valence-electron chi connectivity index (χ4n) is 1.07. The zero-order valence-electron chi connectivity index (χ0n) is 8.45. The second kappa shape index (κ2) is 4.72. The van der Waals surface area contributed by atoms with E-state index < -0.39 is 0 Å². The maximum absolute atomic E-state index is 10.7. The molecule has 0 saturated carbocycles. The quantitative estimate of drug-likeness (QED) is 0.725. The van der Waals surface area contributed by atoms with Crippen LogP contribution in [0.15, 0.2) is 18.3 Å². The van der Waals surface area contributed by atoms with E-state index >= 15 is 0 Å². The van der Waals surface area contributed by atoms with Gasteiger partial charge in [-0.1, -0.05) is 6.07 Å². The van der Waals surface area contributed by atoms with Gasteiger partial charge in [-0.05, 0) is 25.5 Å². The van der Waals surface area contributed by atoms with Crippen LogP contribution in [0.2, 0.25) is 0 Å². The van der Waals surface area contributed by atoms with Gasteiger partial charge in [0, 0.05) is 18.4 Å². The molecule has 4 nitrogen and oxygen atoms in total. The molecular weight excluding hydrogens is 178 g/mol. The fourth-order valence-corrected chi connectivity index (χ4v) is 1.07. The van der Waals surface area contributed by atoms with Crippen LogP contribution in [-0.4, -0.2) is 16.9 Å². The second-order valence-corrected chi connectivity index (χ2v) is 3.25. The Hall–Kier alpha value is -1.42. The summed E-state index contributed by atoms with van der Waals surface area (Å²) in [5.41, 5.74) is 7.17. The lowest BCUT2D eigenvalue weighted by Gasteiger charge is -2.10. The number of pyridine rings is 1. The van der Waals surface area contributed by atoms with Crippen molar-refractivity contribution in [2.24, 2.45) is 5.73 Å². The van der Waals surface area contributed by atoms with Crippen LogP contribution in [0.1, 0.15) is 18.2 Å². The molecule has 0 saturated heterocycles. The maximum atomic E-state index is 10.7. The molecule has 4 heteroatoms. The van der Waals surface area contributed by atoms with Gasteiger partial charge in [-0.25, -0.2) is 0 Å². The van der Waals surface area contributed by atoms with Gasteiger partial charge in [0.2, 0.25) is 5.91 Å². The van der Waals surface area contributed by atoms with Crippen LogP contribution in [0.3, 0.4) is 0 Å². The van der Waals surface area contributed by atoms with Crippen molar-refractivity contribution >= 4 is 5.91 Å². The van der Waals surface area contributed by atoms with Gasteiger partial charge in [0.15, 0.2) is 0 Å². The van der Waals surface area contributed by atoms with Crippen LogP contribution in [0.4, 0.5) is 0 Å². The molecule has 14 heavy (non-hydrogen) atoms.